The lowest BCUT2D eigenvalue weighted by Gasteiger charge is -2.49. The number of carbonyl (C=O) groups is 2. The van der Waals surface area contributed by atoms with Gasteiger partial charge in [-0.15, -0.1) is 0 Å². The second kappa shape index (κ2) is 4.21. The Morgan fingerprint density at radius 3 is 2.05 bits per heavy atom. The third kappa shape index (κ3) is 1.52. The van der Waals surface area contributed by atoms with Crippen molar-refractivity contribution in [3.05, 3.63) is 35.4 Å². The van der Waals surface area contributed by atoms with Crippen molar-refractivity contribution in [1.82, 2.24) is 4.90 Å². The molecule has 2 amide bonds. The highest BCUT2D eigenvalue weighted by Gasteiger charge is 2.61. The van der Waals surface area contributed by atoms with Crippen molar-refractivity contribution in [1.29, 1.82) is 0 Å². The Labute approximate surface area is 131 Å². The van der Waals surface area contributed by atoms with E-state index in [1.165, 1.54) is 24.2 Å². The van der Waals surface area contributed by atoms with Crippen molar-refractivity contribution in [3.63, 3.8) is 0 Å². The molecular weight excluding hydrogens is 274 g/mol. The summed E-state index contributed by atoms with van der Waals surface area (Å²) < 4.78 is 0. The van der Waals surface area contributed by atoms with Gasteiger partial charge in [0.15, 0.2) is 0 Å². The molecule has 3 nitrogen and oxygen atoms in total. The third-order valence-electron chi connectivity index (χ3n) is 7.19. The van der Waals surface area contributed by atoms with Crippen LogP contribution in [0, 0.1) is 22.7 Å². The third-order valence-corrected chi connectivity index (χ3v) is 7.19. The molecule has 116 valence electrons. The molecule has 1 aromatic carbocycles. The lowest BCUT2D eigenvalue weighted by Crippen LogP contribution is -2.50. The van der Waals surface area contributed by atoms with E-state index in [2.05, 4.69) is 20.8 Å². The topological polar surface area (TPSA) is 37.4 Å². The zero-order valence-electron chi connectivity index (χ0n) is 13.6. The van der Waals surface area contributed by atoms with Crippen molar-refractivity contribution < 1.29 is 9.59 Å². The quantitative estimate of drug-likeness (QED) is 0.780. The number of hydrogen-bond acceptors (Lipinski definition) is 2. The SMILES string of the molecule is CC1(C)C2CCC(C2)C1(C)CN1C(=O)c2ccccc2C1=O. The zero-order valence-corrected chi connectivity index (χ0v) is 13.6. The molecule has 3 heteroatoms. The average molecular weight is 297 g/mol. The molecule has 0 radical (unpaired) electrons. The molecule has 3 atom stereocenters. The summed E-state index contributed by atoms with van der Waals surface area (Å²) in [5.41, 5.74) is 1.35. The molecule has 3 unspecified atom stereocenters. The van der Waals surface area contributed by atoms with E-state index in [1.807, 2.05) is 12.1 Å². The van der Waals surface area contributed by atoms with Crippen molar-refractivity contribution >= 4 is 11.8 Å². The molecule has 22 heavy (non-hydrogen) atoms. The molecule has 2 fully saturated rings. The van der Waals surface area contributed by atoms with Crippen LogP contribution >= 0.6 is 0 Å². The van der Waals surface area contributed by atoms with Gasteiger partial charge in [-0.1, -0.05) is 32.9 Å². The van der Waals surface area contributed by atoms with Crippen LogP contribution in [0.4, 0.5) is 0 Å². The summed E-state index contributed by atoms with van der Waals surface area (Å²) in [5.74, 6) is 1.15. The first-order chi connectivity index (χ1) is 10.4. The molecule has 0 spiro atoms. The van der Waals surface area contributed by atoms with Gasteiger partial charge in [-0.3, -0.25) is 14.5 Å². The maximum Gasteiger partial charge on any atom is 0.261 e. The highest BCUT2D eigenvalue weighted by molar-refractivity contribution is 6.21. The molecule has 1 heterocycles. The van der Waals surface area contributed by atoms with E-state index >= 15 is 0 Å². The first-order valence-corrected chi connectivity index (χ1v) is 8.31. The van der Waals surface area contributed by atoms with E-state index in [-0.39, 0.29) is 22.6 Å². The van der Waals surface area contributed by atoms with Crippen molar-refractivity contribution in [2.75, 3.05) is 6.54 Å². The van der Waals surface area contributed by atoms with Crippen LogP contribution in [-0.4, -0.2) is 23.3 Å². The Kier molecular flexibility index (Phi) is 2.68. The van der Waals surface area contributed by atoms with E-state index in [0.29, 0.717) is 23.6 Å². The van der Waals surface area contributed by atoms with Crippen LogP contribution in [0.3, 0.4) is 0 Å². The van der Waals surface area contributed by atoms with E-state index in [0.717, 1.165) is 5.92 Å². The van der Waals surface area contributed by atoms with Crippen LogP contribution in [0.2, 0.25) is 0 Å². The number of carbonyl (C=O) groups excluding carboxylic acids is 2. The monoisotopic (exact) mass is 297 g/mol. The van der Waals surface area contributed by atoms with Crippen LogP contribution in [0.1, 0.15) is 60.7 Å². The molecule has 3 aliphatic rings. The summed E-state index contributed by atoms with van der Waals surface area (Å²) in [5, 5.41) is 0. The number of amides is 2. The maximum atomic E-state index is 12.7. The highest BCUT2D eigenvalue weighted by atomic mass is 16.2. The fraction of sp³-hybridized carbons (Fsp3) is 0.579. The van der Waals surface area contributed by atoms with Gasteiger partial charge in [0.1, 0.15) is 0 Å². The van der Waals surface area contributed by atoms with Crippen molar-refractivity contribution in [2.24, 2.45) is 22.7 Å². The molecule has 2 saturated carbocycles. The van der Waals surface area contributed by atoms with Crippen LogP contribution < -0.4 is 0 Å². The van der Waals surface area contributed by atoms with E-state index < -0.39 is 0 Å². The van der Waals surface area contributed by atoms with E-state index in [9.17, 15) is 9.59 Å². The molecule has 2 bridgehead atoms. The van der Waals surface area contributed by atoms with Gasteiger partial charge in [0.25, 0.3) is 11.8 Å². The first-order valence-electron chi connectivity index (χ1n) is 8.31. The van der Waals surface area contributed by atoms with Gasteiger partial charge in [0.2, 0.25) is 0 Å². The summed E-state index contributed by atoms with van der Waals surface area (Å²) in [4.78, 5) is 26.8. The molecule has 0 aromatic heterocycles. The van der Waals surface area contributed by atoms with Crippen LogP contribution in [0.5, 0.6) is 0 Å². The van der Waals surface area contributed by atoms with E-state index in [1.54, 1.807) is 12.1 Å². The van der Waals surface area contributed by atoms with Crippen LogP contribution in [-0.2, 0) is 0 Å². The fourth-order valence-corrected chi connectivity index (χ4v) is 5.25. The number of hydrogen-bond donors (Lipinski definition) is 0. The minimum absolute atomic E-state index is 0.0310. The number of rotatable bonds is 2. The maximum absolute atomic E-state index is 12.7. The minimum Gasteiger partial charge on any atom is -0.274 e. The lowest BCUT2D eigenvalue weighted by atomic mass is 9.58. The fourth-order valence-electron chi connectivity index (χ4n) is 5.25. The summed E-state index contributed by atoms with van der Waals surface area (Å²) in [6.07, 6.45) is 3.80. The number of imide groups is 1. The molecule has 0 saturated heterocycles. The summed E-state index contributed by atoms with van der Waals surface area (Å²) in [7, 11) is 0. The van der Waals surface area contributed by atoms with E-state index in [4.69, 9.17) is 0 Å². The lowest BCUT2D eigenvalue weighted by molar-refractivity contribution is -0.00421. The van der Waals surface area contributed by atoms with Gasteiger partial charge >= 0.3 is 0 Å². The highest BCUT2D eigenvalue weighted by Crippen LogP contribution is 2.66. The molecule has 1 aliphatic heterocycles. The molecule has 4 rings (SSSR count). The predicted octanol–water partition coefficient (Wildman–Crippen LogP) is 3.75. The minimum atomic E-state index is -0.111. The Balaban J connectivity index is 1.68. The number of benzene rings is 1. The van der Waals surface area contributed by atoms with Gasteiger partial charge in [-0.2, -0.15) is 0 Å². The Hall–Kier alpha value is -1.64. The molecule has 2 aliphatic carbocycles. The molecular formula is C19H23NO2. The zero-order chi connectivity index (χ0) is 15.7. The number of nitrogens with zero attached hydrogens (tertiary/aromatic N) is 1. The smallest absolute Gasteiger partial charge is 0.261 e. The molecule has 0 N–H and O–H groups in total. The summed E-state index contributed by atoms with van der Waals surface area (Å²) >= 11 is 0. The van der Waals surface area contributed by atoms with Crippen molar-refractivity contribution in [3.8, 4) is 0 Å². The van der Waals surface area contributed by atoms with Gasteiger partial charge in [0, 0.05) is 6.54 Å². The largest absolute Gasteiger partial charge is 0.274 e. The van der Waals surface area contributed by atoms with Crippen LogP contribution in [0.15, 0.2) is 24.3 Å². The summed E-state index contributed by atoms with van der Waals surface area (Å²) in [6.45, 7) is 7.51. The summed E-state index contributed by atoms with van der Waals surface area (Å²) in [6, 6.07) is 7.20. The Bertz CT molecular complexity index is 643. The predicted molar refractivity (Wildman–Crippen MR) is 84.5 cm³/mol. The van der Waals surface area contributed by atoms with Gasteiger partial charge < -0.3 is 0 Å². The van der Waals surface area contributed by atoms with Crippen molar-refractivity contribution in [2.45, 2.75) is 40.0 Å². The normalized spacial score (nSPS) is 35.3. The average Bonchev–Trinajstić information content (AvgIpc) is 3.12. The van der Waals surface area contributed by atoms with Gasteiger partial charge in [-0.25, -0.2) is 0 Å². The standard InChI is InChI=1S/C19H23NO2/c1-18(2)12-8-9-13(10-12)19(18,3)11-20-16(21)14-6-4-5-7-15(14)17(20)22/h4-7,12-13H,8-11H2,1-3H3. The Morgan fingerprint density at radius 2 is 1.55 bits per heavy atom. The second-order valence-corrected chi connectivity index (χ2v) is 8.09. The van der Waals surface area contributed by atoms with Gasteiger partial charge in [-0.05, 0) is 54.1 Å². The second-order valence-electron chi connectivity index (χ2n) is 8.09. The van der Waals surface area contributed by atoms with Crippen LogP contribution in [0.25, 0.3) is 0 Å². The number of fused-ring (bicyclic) bond motifs is 3. The Morgan fingerprint density at radius 1 is 1.00 bits per heavy atom. The van der Waals surface area contributed by atoms with Gasteiger partial charge in [0.05, 0.1) is 11.1 Å². The molecule has 1 aromatic rings. The first kappa shape index (κ1) is 14.0.